The predicted molar refractivity (Wildman–Crippen MR) is 59.1 cm³/mol. The van der Waals surface area contributed by atoms with Crippen LogP contribution in [0, 0.1) is 5.41 Å². The van der Waals surface area contributed by atoms with Crippen LogP contribution in [0.25, 0.3) is 0 Å². The van der Waals surface area contributed by atoms with Gasteiger partial charge in [-0.2, -0.15) is 0 Å². The van der Waals surface area contributed by atoms with Gasteiger partial charge in [0.1, 0.15) is 0 Å². The summed E-state index contributed by atoms with van der Waals surface area (Å²) in [5.41, 5.74) is -0.533. The van der Waals surface area contributed by atoms with E-state index in [1.54, 1.807) is 6.07 Å². The SMILES string of the molecule is CC(C)(C)[CH]=[W]=[N]c1ccccc1C(F)(F)F. The van der Waals surface area contributed by atoms with Gasteiger partial charge in [0.25, 0.3) is 0 Å². The molecule has 0 saturated heterocycles. The molecule has 1 nitrogen and oxygen atoms in total. The van der Waals surface area contributed by atoms with Gasteiger partial charge in [-0.05, 0) is 0 Å². The molecule has 0 aliphatic rings. The van der Waals surface area contributed by atoms with Crippen LogP contribution in [0.3, 0.4) is 0 Å². The van der Waals surface area contributed by atoms with Crippen LogP contribution in [0.2, 0.25) is 0 Å². The van der Waals surface area contributed by atoms with Gasteiger partial charge in [-0.25, -0.2) is 0 Å². The van der Waals surface area contributed by atoms with Gasteiger partial charge in [-0.3, -0.25) is 0 Å². The maximum absolute atomic E-state index is 12.7. The van der Waals surface area contributed by atoms with Crippen molar-refractivity contribution in [3.63, 3.8) is 0 Å². The van der Waals surface area contributed by atoms with Crippen molar-refractivity contribution in [1.82, 2.24) is 0 Å². The first-order valence-electron chi connectivity index (χ1n) is 5.07. The van der Waals surface area contributed by atoms with E-state index in [1.807, 2.05) is 20.8 Å². The van der Waals surface area contributed by atoms with E-state index in [1.165, 1.54) is 12.1 Å². The second kappa shape index (κ2) is 5.34. The number of benzene rings is 1. The summed E-state index contributed by atoms with van der Waals surface area (Å²) >= 11 is -1.22. The Morgan fingerprint density at radius 3 is 2.24 bits per heavy atom. The van der Waals surface area contributed by atoms with Crippen molar-refractivity contribution in [2.75, 3.05) is 0 Å². The van der Waals surface area contributed by atoms with Crippen LogP contribution in [0.4, 0.5) is 18.9 Å². The third-order valence-corrected chi connectivity index (χ3v) is 5.77. The third-order valence-electron chi connectivity index (χ3n) is 1.77. The quantitative estimate of drug-likeness (QED) is 0.646. The van der Waals surface area contributed by atoms with E-state index in [4.69, 9.17) is 0 Å². The summed E-state index contributed by atoms with van der Waals surface area (Å²) in [6.07, 6.45) is -4.32. The Kier molecular flexibility index (Phi) is 4.54. The molecule has 0 aromatic heterocycles. The summed E-state index contributed by atoms with van der Waals surface area (Å²) in [5.74, 6) is 0. The topological polar surface area (TPSA) is 12.4 Å². The average molecular weight is 413 g/mol. The number of halogens is 3. The zero-order valence-corrected chi connectivity index (χ0v) is 12.8. The maximum atomic E-state index is 12.7. The second-order valence-electron chi connectivity index (χ2n) is 4.70. The molecule has 0 bridgehead atoms. The Morgan fingerprint density at radius 2 is 1.71 bits per heavy atom. The summed E-state index contributed by atoms with van der Waals surface area (Å²) in [6.45, 7) is 6.08. The van der Waals surface area contributed by atoms with E-state index < -0.39 is 29.7 Å². The van der Waals surface area contributed by atoms with Crippen LogP contribution >= 0.6 is 0 Å². The monoisotopic (exact) mass is 413 g/mol. The molecular formula is C12H14F3NW. The van der Waals surface area contributed by atoms with Crippen molar-refractivity contribution in [3.8, 4) is 0 Å². The zero-order valence-electron chi connectivity index (χ0n) is 9.88. The Bertz CT molecular complexity index is 452. The first-order valence-corrected chi connectivity index (χ1v) is 8.08. The first-order chi connectivity index (χ1) is 7.70. The number of hydrogen-bond acceptors (Lipinski definition) is 1. The molecular weight excluding hydrogens is 399 g/mol. The molecule has 0 radical (unpaired) electrons. The Labute approximate surface area is 107 Å². The number of hydrogen-bond donors (Lipinski definition) is 0. The van der Waals surface area contributed by atoms with Gasteiger partial charge in [-0.15, -0.1) is 0 Å². The molecule has 5 heteroatoms. The molecule has 0 heterocycles. The molecule has 0 fully saturated rings. The fraction of sp³-hybridized carbons (Fsp3) is 0.417. The second-order valence-corrected chi connectivity index (χ2v) is 6.96. The van der Waals surface area contributed by atoms with Crippen molar-refractivity contribution in [2.24, 2.45) is 8.91 Å². The molecule has 0 amide bonds. The number of rotatable bonds is 1. The molecule has 17 heavy (non-hydrogen) atoms. The van der Waals surface area contributed by atoms with Crippen LogP contribution in [0.1, 0.15) is 26.3 Å². The van der Waals surface area contributed by atoms with Gasteiger partial charge in [0.15, 0.2) is 0 Å². The molecule has 0 saturated carbocycles. The molecule has 0 aliphatic heterocycles. The minimum atomic E-state index is -4.32. The van der Waals surface area contributed by atoms with Crippen molar-refractivity contribution in [1.29, 1.82) is 0 Å². The van der Waals surface area contributed by atoms with Gasteiger partial charge in [-0.1, -0.05) is 0 Å². The molecule has 1 aromatic rings. The van der Waals surface area contributed by atoms with Crippen molar-refractivity contribution in [2.45, 2.75) is 26.9 Å². The Hall–Kier alpha value is -0.632. The number of alkyl halides is 3. The molecule has 0 spiro atoms. The molecule has 1 aromatic carbocycles. The van der Waals surface area contributed by atoms with Crippen molar-refractivity contribution in [3.05, 3.63) is 29.8 Å². The average Bonchev–Trinajstić information content (AvgIpc) is 2.15. The van der Waals surface area contributed by atoms with E-state index in [2.05, 4.69) is 7.90 Å². The predicted octanol–water partition coefficient (Wildman–Crippen LogP) is 4.45. The normalized spacial score (nSPS) is 12.1. The van der Waals surface area contributed by atoms with E-state index >= 15 is 0 Å². The summed E-state index contributed by atoms with van der Waals surface area (Å²) in [5, 5.41) is 0. The summed E-state index contributed by atoms with van der Waals surface area (Å²) in [4.78, 5) is 0. The molecule has 0 aliphatic carbocycles. The van der Waals surface area contributed by atoms with Gasteiger partial charge < -0.3 is 0 Å². The molecule has 0 N–H and O–H groups in total. The van der Waals surface area contributed by atoms with Gasteiger partial charge >= 0.3 is 107 Å². The van der Waals surface area contributed by atoms with Crippen LogP contribution in [0.15, 0.2) is 27.8 Å². The molecule has 0 unspecified atom stereocenters. The zero-order chi connectivity index (χ0) is 13.1. The Morgan fingerprint density at radius 1 is 1.12 bits per heavy atom. The summed E-state index contributed by atoms with van der Waals surface area (Å²) < 4.78 is 44.2. The van der Waals surface area contributed by atoms with E-state index in [0.29, 0.717) is 0 Å². The number of nitrogens with zero attached hydrogens (tertiary/aromatic N) is 1. The van der Waals surface area contributed by atoms with E-state index in [0.717, 1.165) is 6.07 Å². The molecule has 1 rings (SSSR count). The summed E-state index contributed by atoms with van der Waals surface area (Å²) in [6, 6.07) is 5.48. The van der Waals surface area contributed by atoms with Crippen LogP contribution in [0.5, 0.6) is 0 Å². The first kappa shape index (κ1) is 14.4. The van der Waals surface area contributed by atoms with Crippen LogP contribution in [-0.4, -0.2) is 4.40 Å². The third kappa shape index (κ3) is 5.03. The van der Waals surface area contributed by atoms with Gasteiger partial charge in [0, 0.05) is 0 Å². The summed E-state index contributed by atoms with van der Waals surface area (Å²) in [7, 11) is 0. The van der Waals surface area contributed by atoms with Crippen LogP contribution in [-0.2, 0) is 24.1 Å². The van der Waals surface area contributed by atoms with Crippen molar-refractivity contribution >= 4 is 10.1 Å². The van der Waals surface area contributed by atoms with Gasteiger partial charge in [0.2, 0.25) is 0 Å². The fourth-order valence-corrected chi connectivity index (χ4v) is 3.34. The molecule has 94 valence electrons. The Balaban J connectivity index is 3.13. The standard InChI is InChI=1S/C7H4F3N.C5H10.W/c8-7(9,10)5-3-1-2-4-6(5)11;1-5(2,3)4;/h1-4H;1H,2-4H3;. The van der Waals surface area contributed by atoms with Gasteiger partial charge in [0.05, 0.1) is 0 Å². The van der Waals surface area contributed by atoms with E-state index in [-0.39, 0.29) is 11.1 Å². The van der Waals surface area contributed by atoms with Crippen LogP contribution < -0.4 is 0 Å². The molecule has 0 atom stereocenters. The van der Waals surface area contributed by atoms with Crippen molar-refractivity contribution < 1.29 is 31.1 Å². The minimum absolute atomic E-state index is 0.0291. The fourth-order valence-electron chi connectivity index (χ4n) is 1.03. The van der Waals surface area contributed by atoms with E-state index in [9.17, 15) is 13.2 Å².